The van der Waals surface area contributed by atoms with Crippen LogP contribution in [-0.4, -0.2) is 40.0 Å². The predicted molar refractivity (Wildman–Crippen MR) is 71.4 cm³/mol. The summed E-state index contributed by atoms with van der Waals surface area (Å²) < 4.78 is 0. The number of carboxylic acids is 1. The second kappa shape index (κ2) is 6.65. The highest BCUT2D eigenvalue weighted by atomic mass is 16.4. The zero-order chi connectivity index (χ0) is 15.3. The van der Waals surface area contributed by atoms with Crippen LogP contribution in [0.5, 0.6) is 0 Å². The smallest absolute Gasteiger partial charge is 0.338 e. The molecule has 0 saturated heterocycles. The SMILES string of the molecule is CC(C)NC(=O)C(C)NC(=O)c1ncccc1C(=O)O. The Hall–Kier alpha value is -2.44. The number of amides is 2. The van der Waals surface area contributed by atoms with Gasteiger partial charge in [0.15, 0.2) is 0 Å². The zero-order valence-electron chi connectivity index (χ0n) is 11.5. The van der Waals surface area contributed by atoms with Crippen molar-refractivity contribution in [1.29, 1.82) is 0 Å². The molecule has 3 N–H and O–H groups in total. The molecular weight excluding hydrogens is 262 g/mol. The molecule has 7 heteroatoms. The lowest BCUT2D eigenvalue weighted by Crippen LogP contribution is -2.47. The van der Waals surface area contributed by atoms with E-state index in [1.165, 1.54) is 25.3 Å². The van der Waals surface area contributed by atoms with E-state index in [0.29, 0.717) is 0 Å². The van der Waals surface area contributed by atoms with Gasteiger partial charge in [-0.1, -0.05) is 0 Å². The van der Waals surface area contributed by atoms with E-state index in [1.807, 2.05) is 0 Å². The number of carbonyl (C=O) groups is 3. The fourth-order valence-corrected chi connectivity index (χ4v) is 1.50. The molecule has 0 saturated carbocycles. The molecule has 0 aliphatic rings. The summed E-state index contributed by atoms with van der Waals surface area (Å²) in [4.78, 5) is 38.4. The first-order valence-corrected chi connectivity index (χ1v) is 6.12. The minimum atomic E-state index is -1.25. The largest absolute Gasteiger partial charge is 0.478 e. The van der Waals surface area contributed by atoms with Crippen LogP contribution in [0.3, 0.4) is 0 Å². The van der Waals surface area contributed by atoms with Crippen molar-refractivity contribution in [2.45, 2.75) is 32.9 Å². The predicted octanol–water partition coefficient (Wildman–Crippen LogP) is 0.423. The lowest BCUT2D eigenvalue weighted by Gasteiger charge is -2.16. The molecule has 1 heterocycles. The molecule has 7 nitrogen and oxygen atoms in total. The molecule has 0 aliphatic heterocycles. The van der Waals surface area contributed by atoms with Crippen molar-refractivity contribution in [3.63, 3.8) is 0 Å². The monoisotopic (exact) mass is 279 g/mol. The third-order valence-corrected chi connectivity index (χ3v) is 2.43. The quantitative estimate of drug-likeness (QED) is 0.724. The Bertz CT molecular complexity index is 528. The van der Waals surface area contributed by atoms with Crippen LogP contribution >= 0.6 is 0 Å². The molecule has 1 rings (SSSR count). The van der Waals surface area contributed by atoms with Crippen LogP contribution in [0.15, 0.2) is 18.3 Å². The van der Waals surface area contributed by atoms with E-state index >= 15 is 0 Å². The summed E-state index contributed by atoms with van der Waals surface area (Å²) in [5.41, 5.74) is -0.425. The van der Waals surface area contributed by atoms with Gasteiger partial charge in [-0.15, -0.1) is 0 Å². The van der Waals surface area contributed by atoms with Gasteiger partial charge in [0.05, 0.1) is 5.56 Å². The number of carbonyl (C=O) groups excluding carboxylic acids is 2. The zero-order valence-corrected chi connectivity index (χ0v) is 11.5. The van der Waals surface area contributed by atoms with Crippen LogP contribution in [0, 0.1) is 0 Å². The molecule has 1 aromatic rings. The van der Waals surface area contributed by atoms with Crippen molar-refractivity contribution < 1.29 is 19.5 Å². The molecule has 0 radical (unpaired) electrons. The van der Waals surface area contributed by atoms with Gasteiger partial charge in [0.25, 0.3) is 5.91 Å². The topological polar surface area (TPSA) is 108 Å². The fraction of sp³-hybridized carbons (Fsp3) is 0.385. The molecule has 0 fully saturated rings. The summed E-state index contributed by atoms with van der Waals surface area (Å²) >= 11 is 0. The molecule has 1 aromatic heterocycles. The number of pyridine rings is 1. The van der Waals surface area contributed by atoms with E-state index < -0.39 is 17.9 Å². The lowest BCUT2D eigenvalue weighted by molar-refractivity contribution is -0.123. The van der Waals surface area contributed by atoms with Crippen molar-refractivity contribution in [3.05, 3.63) is 29.6 Å². The third kappa shape index (κ3) is 4.04. The molecule has 0 aromatic carbocycles. The molecule has 0 spiro atoms. The van der Waals surface area contributed by atoms with Crippen molar-refractivity contribution in [1.82, 2.24) is 15.6 Å². The van der Waals surface area contributed by atoms with Crippen LogP contribution in [0.25, 0.3) is 0 Å². The van der Waals surface area contributed by atoms with E-state index in [-0.39, 0.29) is 23.2 Å². The van der Waals surface area contributed by atoms with E-state index in [0.717, 1.165) is 0 Å². The Morgan fingerprint density at radius 3 is 2.40 bits per heavy atom. The molecule has 1 unspecified atom stereocenters. The molecule has 0 aliphatic carbocycles. The van der Waals surface area contributed by atoms with E-state index in [1.54, 1.807) is 13.8 Å². The number of nitrogens with zero attached hydrogens (tertiary/aromatic N) is 1. The number of hydrogen-bond acceptors (Lipinski definition) is 4. The van der Waals surface area contributed by atoms with Gasteiger partial charge < -0.3 is 15.7 Å². The molecule has 2 amide bonds. The van der Waals surface area contributed by atoms with Crippen molar-refractivity contribution >= 4 is 17.8 Å². The van der Waals surface area contributed by atoms with Crippen molar-refractivity contribution in [3.8, 4) is 0 Å². The fourth-order valence-electron chi connectivity index (χ4n) is 1.50. The summed E-state index contributed by atoms with van der Waals surface area (Å²) in [5.74, 6) is -2.29. The van der Waals surface area contributed by atoms with Crippen LogP contribution in [0.1, 0.15) is 41.6 Å². The maximum absolute atomic E-state index is 12.0. The second-order valence-electron chi connectivity index (χ2n) is 4.56. The minimum absolute atomic E-state index is 0.0497. The lowest BCUT2D eigenvalue weighted by atomic mass is 10.1. The van der Waals surface area contributed by atoms with Crippen molar-refractivity contribution in [2.75, 3.05) is 0 Å². The number of aromatic carboxylic acids is 1. The molecular formula is C13H17N3O4. The standard InChI is InChI=1S/C13H17N3O4/c1-7(2)15-11(17)8(3)16-12(18)10-9(13(19)20)5-4-6-14-10/h4-8H,1-3H3,(H,15,17)(H,16,18)(H,19,20). The van der Waals surface area contributed by atoms with Crippen LogP contribution in [-0.2, 0) is 4.79 Å². The molecule has 1 atom stereocenters. The maximum Gasteiger partial charge on any atom is 0.338 e. The van der Waals surface area contributed by atoms with Gasteiger partial charge >= 0.3 is 5.97 Å². The van der Waals surface area contributed by atoms with Crippen LogP contribution < -0.4 is 10.6 Å². The Morgan fingerprint density at radius 2 is 1.85 bits per heavy atom. The number of hydrogen-bond donors (Lipinski definition) is 3. The van der Waals surface area contributed by atoms with E-state index in [9.17, 15) is 14.4 Å². The van der Waals surface area contributed by atoms with Crippen LogP contribution in [0.4, 0.5) is 0 Å². The van der Waals surface area contributed by atoms with E-state index in [2.05, 4.69) is 15.6 Å². The normalized spacial score (nSPS) is 11.8. The second-order valence-corrected chi connectivity index (χ2v) is 4.56. The Kier molecular flexibility index (Phi) is 5.19. The summed E-state index contributed by atoms with van der Waals surface area (Å²) in [6, 6.07) is 1.87. The number of nitrogens with one attached hydrogen (secondary N) is 2. The van der Waals surface area contributed by atoms with Gasteiger partial charge in [0.1, 0.15) is 11.7 Å². The first kappa shape index (κ1) is 15.6. The van der Waals surface area contributed by atoms with Gasteiger partial charge in [0, 0.05) is 12.2 Å². The minimum Gasteiger partial charge on any atom is -0.478 e. The third-order valence-electron chi connectivity index (χ3n) is 2.43. The maximum atomic E-state index is 12.0. The highest BCUT2D eigenvalue weighted by Crippen LogP contribution is 2.05. The Labute approximate surface area is 116 Å². The highest BCUT2D eigenvalue weighted by molar-refractivity contribution is 6.04. The number of carboxylic acid groups (broad SMARTS) is 1. The van der Waals surface area contributed by atoms with Crippen LogP contribution in [0.2, 0.25) is 0 Å². The van der Waals surface area contributed by atoms with Gasteiger partial charge in [-0.05, 0) is 32.9 Å². The summed E-state index contributed by atoms with van der Waals surface area (Å²) in [6.45, 7) is 5.11. The molecule has 20 heavy (non-hydrogen) atoms. The Morgan fingerprint density at radius 1 is 1.20 bits per heavy atom. The van der Waals surface area contributed by atoms with E-state index in [4.69, 9.17) is 5.11 Å². The number of aromatic nitrogens is 1. The number of rotatable bonds is 5. The summed E-state index contributed by atoms with van der Waals surface area (Å²) in [6.07, 6.45) is 1.32. The first-order valence-electron chi connectivity index (χ1n) is 6.12. The van der Waals surface area contributed by atoms with Gasteiger partial charge in [-0.25, -0.2) is 4.79 Å². The first-order chi connectivity index (χ1) is 9.32. The van der Waals surface area contributed by atoms with Gasteiger partial charge in [-0.3, -0.25) is 14.6 Å². The molecule has 108 valence electrons. The van der Waals surface area contributed by atoms with Crippen molar-refractivity contribution in [2.24, 2.45) is 0 Å². The summed E-state index contributed by atoms with van der Waals surface area (Å²) in [5, 5.41) is 14.0. The average molecular weight is 279 g/mol. The van der Waals surface area contributed by atoms with Gasteiger partial charge in [0.2, 0.25) is 5.91 Å². The highest BCUT2D eigenvalue weighted by Gasteiger charge is 2.21. The Balaban J connectivity index is 2.82. The summed E-state index contributed by atoms with van der Waals surface area (Å²) in [7, 11) is 0. The molecule has 0 bridgehead atoms. The average Bonchev–Trinajstić information content (AvgIpc) is 2.37. The van der Waals surface area contributed by atoms with Gasteiger partial charge in [-0.2, -0.15) is 0 Å².